The van der Waals surface area contributed by atoms with Crippen LogP contribution in [-0.4, -0.2) is 19.6 Å². The lowest BCUT2D eigenvalue weighted by molar-refractivity contribution is 0.508. The van der Waals surface area contributed by atoms with Gasteiger partial charge in [0.05, 0.1) is 5.39 Å². The Morgan fingerprint density at radius 1 is 1.26 bits per heavy atom. The molecule has 1 aliphatic carbocycles. The summed E-state index contributed by atoms with van der Waals surface area (Å²) in [4.78, 5) is 12.0. The number of hydrogen-bond acceptors (Lipinski definition) is 4. The van der Waals surface area contributed by atoms with E-state index in [1.807, 2.05) is 29.7 Å². The first-order chi connectivity index (χ1) is 9.13. The Labute approximate surface area is 115 Å². The third-order valence-electron chi connectivity index (χ3n) is 4.00. The maximum atomic E-state index is 4.73. The topological polar surface area (TPSA) is 43.1 Å². The molecule has 1 unspecified atom stereocenters. The zero-order valence-electron chi connectivity index (χ0n) is 11.4. The molecule has 1 atom stereocenters. The molecule has 0 bridgehead atoms. The third kappa shape index (κ3) is 1.54. The van der Waals surface area contributed by atoms with Crippen molar-refractivity contribution in [1.82, 2.24) is 19.6 Å². The van der Waals surface area contributed by atoms with Crippen molar-refractivity contribution in [3.05, 3.63) is 22.1 Å². The maximum absolute atomic E-state index is 4.73. The van der Waals surface area contributed by atoms with Crippen LogP contribution < -0.4 is 0 Å². The van der Waals surface area contributed by atoms with Crippen LogP contribution in [-0.2, 0) is 12.8 Å². The van der Waals surface area contributed by atoms with Crippen LogP contribution in [0.15, 0.2) is 0 Å². The minimum Gasteiger partial charge on any atom is -0.222 e. The molecule has 1 aliphatic rings. The average Bonchev–Trinajstić information content (AvgIpc) is 2.89. The van der Waals surface area contributed by atoms with Crippen molar-refractivity contribution in [3.63, 3.8) is 0 Å². The number of aryl methyl sites for hydroxylation is 3. The molecular weight excluding hydrogens is 256 g/mol. The first-order valence-corrected chi connectivity index (χ1v) is 7.59. The first kappa shape index (κ1) is 11.3. The SMILES string of the molecule is Cc1nc2c3c4c(sc3nc(C)n2n1)CCC(C)C4. The quantitative estimate of drug-likeness (QED) is 0.631. The summed E-state index contributed by atoms with van der Waals surface area (Å²) >= 11 is 1.85. The van der Waals surface area contributed by atoms with Crippen molar-refractivity contribution in [2.24, 2.45) is 5.92 Å². The van der Waals surface area contributed by atoms with Crippen molar-refractivity contribution in [1.29, 1.82) is 0 Å². The third-order valence-corrected chi connectivity index (χ3v) is 5.18. The van der Waals surface area contributed by atoms with Gasteiger partial charge >= 0.3 is 0 Å². The summed E-state index contributed by atoms with van der Waals surface area (Å²) in [5.74, 6) is 2.51. The Kier molecular flexibility index (Phi) is 2.24. The fraction of sp³-hybridized carbons (Fsp3) is 0.500. The molecule has 0 aromatic carbocycles. The van der Waals surface area contributed by atoms with E-state index >= 15 is 0 Å². The molecule has 5 heteroatoms. The molecule has 3 heterocycles. The van der Waals surface area contributed by atoms with Crippen molar-refractivity contribution in [3.8, 4) is 0 Å². The van der Waals surface area contributed by atoms with Gasteiger partial charge in [-0.1, -0.05) is 6.92 Å². The van der Waals surface area contributed by atoms with Gasteiger partial charge in [0.15, 0.2) is 5.65 Å². The Balaban J connectivity index is 2.16. The lowest BCUT2D eigenvalue weighted by Crippen LogP contribution is -2.09. The van der Waals surface area contributed by atoms with Crippen LogP contribution in [0.3, 0.4) is 0 Å². The predicted molar refractivity (Wildman–Crippen MR) is 76.8 cm³/mol. The van der Waals surface area contributed by atoms with Gasteiger partial charge in [0.2, 0.25) is 0 Å². The molecule has 0 spiro atoms. The highest BCUT2D eigenvalue weighted by molar-refractivity contribution is 7.19. The number of aromatic nitrogens is 4. The zero-order chi connectivity index (χ0) is 13.1. The molecule has 19 heavy (non-hydrogen) atoms. The average molecular weight is 272 g/mol. The molecule has 0 saturated heterocycles. The van der Waals surface area contributed by atoms with Crippen LogP contribution in [0.2, 0.25) is 0 Å². The van der Waals surface area contributed by atoms with Crippen LogP contribution in [0.1, 0.15) is 35.4 Å². The van der Waals surface area contributed by atoms with Gasteiger partial charge in [0.1, 0.15) is 16.5 Å². The Hall–Kier alpha value is -1.49. The Morgan fingerprint density at radius 3 is 2.95 bits per heavy atom. The van der Waals surface area contributed by atoms with Crippen LogP contribution in [0.25, 0.3) is 15.9 Å². The standard InChI is InChI=1S/C14H16N4S/c1-7-4-5-11-10(6-7)12-13-15-8(2)17-18(13)9(3)16-14(12)19-11/h7H,4-6H2,1-3H3. The number of rotatable bonds is 0. The molecule has 0 saturated carbocycles. The summed E-state index contributed by atoms with van der Waals surface area (Å²) in [7, 11) is 0. The van der Waals surface area contributed by atoms with Gasteiger partial charge < -0.3 is 0 Å². The minimum atomic E-state index is 0.760. The minimum absolute atomic E-state index is 0.760. The second-order valence-electron chi connectivity index (χ2n) is 5.59. The van der Waals surface area contributed by atoms with Crippen LogP contribution in [0.5, 0.6) is 0 Å². The summed E-state index contributed by atoms with van der Waals surface area (Å²) in [6, 6.07) is 0. The largest absolute Gasteiger partial charge is 0.222 e. The molecule has 3 aromatic heterocycles. The maximum Gasteiger partial charge on any atom is 0.168 e. The van der Waals surface area contributed by atoms with Gasteiger partial charge in [-0.3, -0.25) is 0 Å². The number of thiophene rings is 1. The highest BCUT2D eigenvalue weighted by Gasteiger charge is 2.24. The van der Waals surface area contributed by atoms with Gasteiger partial charge in [0, 0.05) is 4.88 Å². The van der Waals surface area contributed by atoms with E-state index in [0.717, 1.165) is 34.5 Å². The van der Waals surface area contributed by atoms with Gasteiger partial charge in [0.25, 0.3) is 0 Å². The molecule has 98 valence electrons. The fourth-order valence-corrected chi connectivity index (χ4v) is 4.31. The predicted octanol–water partition coefficient (Wildman–Crippen LogP) is 3.08. The summed E-state index contributed by atoms with van der Waals surface area (Å²) in [6.07, 6.45) is 3.64. The fourth-order valence-electron chi connectivity index (χ4n) is 3.05. The van der Waals surface area contributed by atoms with E-state index in [1.54, 1.807) is 0 Å². The van der Waals surface area contributed by atoms with Crippen LogP contribution in [0.4, 0.5) is 0 Å². The van der Waals surface area contributed by atoms with E-state index in [1.165, 1.54) is 28.7 Å². The molecule has 0 fully saturated rings. The second kappa shape index (κ2) is 3.76. The summed E-state index contributed by atoms with van der Waals surface area (Å²) in [5.41, 5.74) is 2.47. The first-order valence-electron chi connectivity index (χ1n) is 6.77. The number of nitrogens with zero attached hydrogens (tertiary/aromatic N) is 4. The normalized spacial score (nSPS) is 19.2. The summed E-state index contributed by atoms with van der Waals surface area (Å²) in [5, 5.41) is 5.71. The van der Waals surface area contributed by atoms with Crippen LogP contribution >= 0.6 is 11.3 Å². The van der Waals surface area contributed by atoms with E-state index in [-0.39, 0.29) is 0 Å². The smallest absolute Gasteiger partial charge is 0.168 e. The number of fused-ring (bicyclic) bond motifs is 5. The zero-order valence-corrected chi connectivity index (χ0v) is 12.2. The van der Waals surface area contributed by atoms with Crippen molar-refractivity contribution in [2.75, 3.05) is 0 Å². The van der Waals surface area contributed by atoms with E-state index in [4.69, 9.17) is 4.98 Å². The lowest BCUT2D eigenvalue weighted by atomic mass is 9.89. The molecule has 0 N–H and O–H groups in total. The summed E-state index contributed by atoms with van der Waals surface area (Å²) < 4.78 is 1.89. The van der Waals surface area contributed by atoms with Crippen molar-refractivity contribution in [2.45, 2.75) is 40.0 Å². The molecule has 4 nitrogen and oxygen atoms in total. The highest BCUT2D eigenvalue weighted by Crippen LogP contribution is 2.38. The molecule has 0 amide bonds. The van der Waals surface area contributed by atoms with Gasteiger partial charge in [-0.05, 0) is 44.6 Å². The van der Waals surface area contributed by atoms with Gasteiger partial charge in [-0.15, -0.1) is 16.4 Å². The van der Waals surface area contributed by atoms with E-state index < -0.39 is 0 Å². The van der Waals surface area contributed by atoms with Crippen LogP contribution in [0, 0.1) is 19.8 Å². The monoisotopic (exact) mass is 272 g/mol. The molecular formula is C14H16N4S. The molecule has 0 radical (unpaired) electrons. The lowest BCUT2D eigenvalue weighted by Gasteiger charge is -2.17. The van der Waals surface area contributed by atoms with E-state index in [9.17, 15) is 0 Å². The number of hydrogen-bond donors (Lipinski definition) is 0. The van der Waals surface area contributed by atoms with E-state index in [0.29, 0.717) is 0 Å². The summed E-state index contributed by atoms with van der Waals surface area (Å²) in [6.45, 7) is 6.28. The second-order valence-corrected chi connectivity index (χ2v) is 6.67. The van der Waals surface area contributed by atoms with Gasteiger partial charge in [-0.2, -0.15) is 4.52 Å². The van der Waals surface area contributed by atoms with E-state index in [2.05, 4.69) is 17.0 Å². The molecule has 4 rings (SSSR count). The molecule has 0 aliphatic heterocycles. The Bertz CT molecular complexity index is 799. The van der Waals surface area contributed by atoms with Gasteiger partial charge in [-0.25, -0.2) is 9.97 Å². The molecule has 3 aromatic rings. The van der Waals surface area contributed by atoms with Crippen molar-refractivity contribution >= 4 is 27.2 Å². The van der Waals surface area contributed by atoms with Crippen molar-refractivity contribution < 1.29 is 0 Å². The highest BCUT2D eigenvalue weighted by atomic mass is 32.1. The Morgan fingerprint density at radius 2 is 2.11 bits per heavy atom.